The summed E-state index contributed by atoms with van der Waals surface area (Å²) in [6, 6.07) is 3.12. The van der Waals surface area contributed by atoms with E-state index >= 15 is 0 Å². The van der Waals surface area contributed by atoms with Gasteiger partial charge in [0.05, 0.1) is 10.5 Å². The van der Waals surface area contributed by atoms with Crippen LogP contribution in [0.25, 0.3) is 0 Å². The summed E-state index contributed by atoms with van der Waals surface area (Å²) in [7, 11) is -3.89. The Morgan fingerprint density at radius 1 is 1.08 bits per heavy atom. The van der Waals surface area contributed by atoms with Crippen molar-refractivity contribution in [3.05, 3.63) is 29.8 Å². The van der Waals surface area contributed by atoms with Gasteiger partial charge in [-0.2, -0.15) is 17.5 Å². The normalized spacial score (nSPS) is 17.0. The molecular formula is C15H20F3N3O3S. The number of urea groups is 1. The van der Waals surface area contributed by atoms with Crippen LogP contribution in [0.5, 0.6) is 0 Å². The lowest BCUT2D eigenvalue weighted by atomic mass is 10.2. The van der Waals surface area contributed by atoms with Gasteiger partial charge in [0.25, 0.3) is 0 Å². The van der Waals surface area contributed by atoms with Crippen molar-refractivity contribution < 1.29 is 26.4 Å². The van der Waals surface area contributed by atoms with Gasteiger partial charge in [0.1, 0.15) is 0 Å². The van der Waals surface area contributed by atoms with Crippen molar-refractivity contribution in [1.29, 1.82) is 0 Å². The van der Waals surface area contributed by atoms with Gasteiger partial charge >= 0.3 is 12.2 Å². The van der Waals surface area contributed by atoms with E-state index in [1.54, 1.807) is 0 Å². The van der Waals surface area contributed by atoms with Crippen molar-refractivity contribution >= 4 is 16.1 Å². The second kappa shape index (κ2) is 7.20. The number of piperazine rings is 1. The zero-order chi connectivity index (χ0) is 18.8. The molecule has 0 aliphatic carbocycles. The number of nitrogens with zero attached hydrogens (tertiary/aromatic N) is 2. The van der Waals surface area contributed by atoms with Crippen LogP contribution in [0.4, 0.5) is 18.0 Å². The fraction of sp³-hybridized carbons (Fsp3) is 0.533. The molecule has 0 saturated carbocycles. The van der Waals surface area contributed by atoms with E-state index in [9.17, 15) is 26.4 Å². The van der Waals surface area contributed by atoms with E-state index in [0.29, 0.717) is 0 Å². The molecule has 0 radical (unpaired) electrons. The van der Waals surface area contributed by atoms with Crippen LogP contribution < -0.4 is 5.32 Å². The number of alkyl halides is 3. The highest BCUT2D eigenvalue weighted by molar-refractivity contribution is 7.89. The lowest BCUT2D eigenvalue weighted by Crippen LogP contribution is -2.53. The van der Waals surface area contributed by atoms with Crippen LogP contribution in [0.2, 0.25) is 0 Å². The van der Waals surface area contributed by atoms with Crippen molar-refractivity contribution in [2.75, 3.05) is 26.2 Å². The molecule has 1 aliphatic rings. The van der Waals surface area contributed by atoms with E-state index in [0.717, 1.165) is 24.3 Å². The molecule has 10 heteroatoms. The van der Waals surface area contributed by atoms with E-state index in [-0.39, 0.29) is 43.1 Å². The minimum absolute atomic E-state index is 0.0265. The molecule has 1 saturated heterocycles. The monoisotopic (exact) mass is 379 g/mol. The Balaban J connectivity index is 2.05. The predicted octanol–water partition coefficient (Wildman–Crippen LogP) is 2.13. The molecule has 0 spiro atoms. The van der Waals surface area contributed by atoms with Crippen LogP contribution in [0, 0.1) is 0 Å². The molecule has 0 atom stereocenters. The van der Waals surface area contributed by atoms with Gasteiger partial charge in [-0.05, 0) is 38.1 Å². The third kappa shape index (κ3) is 4.63. The second-order valence-electron chi connectivity index (χ2n) is 6.02. The van der Waals surface area contributed by atoms with Gasteiger partial charge in [-0.3, -0.25) is 0 Å². The molecule has 0 unspecified atom stereocenters. The minimum Gasteiger partial charge on any atom is -0.336 e. The van der Waals surface area contributed by atoms with E-state index < -0.39 is 21.8 Å². The molecule has 1 aromatic carbocycles. The molecule has 1 aromatic rings. The van der Waals surface area contributed by atoms with Crippen molar-refractivity contribution in [2.45, 2.75) is 31.0 Å². The van der Waals surface area contributed by atoms with Crippen LogP contribution >= 0.6 is 0 Å². The fourth-order valence-electron chi connectivity index (χ4n) is 2.43. The van der Waals surface area contributed by atoms with Crippen LogP contribution in [0.15, 0.2) is 29.2 Å². The molecule has 2 amide bonds. The van der Waals surface area contributed by atoms with Crippen molar-refractivity contribution in [1.82, 2.24) is 14.5 Å². The summed E-state index contributed by atoms with van der Waals surface area (Å²) in [5.74, 6) is 0. The average molecular weight is 379 g/mol. The number of hydrogen-bond donors (Lipinski definition) is 1. The van der Waals surface area contributed by atoms with Crippen LogP contribution in [0.3, 0.4) is 0 Å². The Labute approximate surface area is 144 Å². The van der Waals surface area contributed by atoms with Gasteiger partial charge in [-0.15, -0.1) is 0 Å². The molecule has 1 heterocycles. The Morgan fingerprint density at radius 3 is 2.04 bits per heavy atom. The summed E-state index contributed by atoms with van der Waals surface area (Å²) in [4.78, 5) is 13.2. The summed E-state index contributed by atoms with van der Waals surface area (Å²) in [5.41, 5.74) is -0.901. The average Bonchev–Trinajstić information content (AvgIpc) is 2.53. The van der Waals surface area contributed by atoms with Gasteiger partial charge in [-0.25, -0.2) is 13.2 Å². The molecule has 1 aliphatic heterocycles. The first-order chi connectivity index (χ1) is 11.5. The SMILES string of the molecule is CC(C)NC(=O)N1CCN(S(=O)(=O)c2ccc(C(F)(F)F)cc2)CC1. The smallest absolute Gasteiger partial charge is 0.336 e. The van der Waals surface area contributed by atoms with Crippen LogP contribution in [-0.2, 0) is 16.2 Å². The molecule has 25 heavy (non-hydrogen) atoms. The number of amides is 2. The van der Waals surface area contributed by atoms with E-state index in [4.69, 9.17) is 0 Å². The summed E-state index contributed by atoms with van der Waals surface area (Å²) in [6.07, 6.45) is -4.52. The summed E-state index contributed by atoms with van der Waals surface area (Å²) in [5, 5.41) is 2.73. The minimum atomic E-state index is -4.52. The third-order valence-corrected chi connectivity index (χ3v) is 5.67. The van der Waals surface area contributed by atoms with E-state index in [1.165, 1.54) is 9.21 Å². The van der Waals surface area contributed by atoms with Gasteiger partial charge < -0.3 is 10.2 Å². The standard InChI is InChI=1S/C15H20F3N3O3S/c1-11(2)19-14(22)20-7-9-21(10-8-20)25(23,24)13-5-3-12(4-6-13)15(16,17)18/h3-6,11H,7-10H2,1-2H3,(H,19,22). The highest BCUT2D eigenvalue weighted by atomic mass is 32.2. The number of nitrogens with one attached hydrogen (secondary N) is 1. The maximum absolute atomic E-state index is 12.6. The number of halogens is 3. The number of sulfonamides is 1. The Morgan fingerprint density at radius 2 is 1.60 bits per heavy atom. The Kier molecular flexibility index (Phi) is 5.62. The predicted molar refractivity (Wildman–Crippen MR) is 85.4 cm³/mol. The first-order valence-electron chi connectivity index (χ1n) is 7.74. The van der Waals surface area contributed by atoms with E-state index in [1.807, 2.05) is 13.8 Å². The van der Waals surface area contributed by atoms with Crippen molar-refractivity contribution in [3.63, 3.8) is 0 Å². The molecule has 1 fully saturated rings. The van der Waals surface area contributed by atoms with Crippen LogP contribution in [0.1, 0.15) is 19.4 Å². The highest BCUT2D eigenvalue weighted by Gasteiger charge is 2.33. The summed E-state index contributed by atoms with van der Waals surface area (Å²) >= 11 is 0. The van der Waals surface area contributed by atoms with Gasteiger partial charge in [-0.1, -0.05) is 0 Å². The summed E-state index contributed by atoms with van der Waals surface area (Å²) < 4.78 is 64.0. The van der Waals surface area contributed by atoms with Gasteiger partial charge in [0, 0.05) is 32.2 Å². The lowest BCUT2D eigenvalue weighted by molar-refractivity contribution is -0.137. The lowest BCUT2D eigenvalue weighted by Gasteiger charge is -2.34. The Hall–Kier alpha value is -1.81. The van der Waals surface area contributed by atoms with Gasteiger partial charge in [0.2, 0.25) is 10.0 Å². The maximum atomic E-state index is 12.6. The highest BCUT2D eigenvalue weighted by Crippen LogP contribution is 2.30. The topological polar surface area (TPSA) is 69.7 Å². The van der Waals surface area contributed by atoms with Crippen molar-refractivity contribution in [2.24, 2.45) is 0 Å². The molecule has 1 N–H and O–H groups in total. The number of carbonyl (C=O) groups excluding carboxylic acids is 1. The quantitative estimate of drug-likeness (QED) is 0.875. The zero-order valence-corrected chi connectivity index (χ0v) is 14.7. The maximum Gasteiger partial charge on any atom is 0.416 e. The number of benzene rings is 1. The molecule has 140 valence electrons. The Bertz CT molecular complexity index is 710. The zero-order valence-electron chi connectivity index (χ0n) is 13.9. The van der Waals surface area contributed by atoms with Gasteiger partial charge in [0.15, 0.2) is 0 Å². The largest absolute Gasteiger partial charge is 0.416 e. The number of rotatable bonds is 3. The number of carbonyl (C=O) groups is 1. The summed E-state index contributed by atoms with van der Waals surface area (Å²) in [6.45, 7) is 4.27. The fourth-order valence-corrected chi connectivity index (χ4v) is 3.86. The van der Waals surface area contributed by atoms with Crippen LogP contribution in [-0.4, -0.2) is 55.9 Å². The third-order valence-electron chi connectivity index (χ3n) is 3.76. The molecule has 2 rings (SSSR count). The van der Waals surface area contributed by atoms with E-state index in [2.05, 4.69) is 5.32 Å². The first kappa shape index (κ1) is 19.5. The second-order valence-corrected chi connectivity index (χ2v) is 7.96. The first-order valence-corrected chi connectivity index (χ1v) is 9.18. The van der Waals surface area contributed by atoms with Crippen molar-refractivity contribution in [3.8, 4) is 0 Å². The molecular weight excluding hydrogens is 359 g/mol. The molecule has 0 aromatic heterocycles. The molecule has 0 bridgehead atoms. The number of hydrogen-bond acceptors (Lipinski definition) is 3. The molecule has 6 nitrogen and oxygen atoms in total.